The molecular weight excluding hydrogens is 619 g/mol. The van der Waals surface area contributed by atoms with Gasteiger partial charge in [0.2, 0.25) is 0 Å². The van der Waals surface area contributed by atoms with Crippen LogP contribution in [0.15, 0.2) is 150 Å². The van der Waals surface area contributed by atoms with Crippen LogP contribution in [0.5, 0.6) is 0 Å². The van der Waals surface area contributed by atoms with Crippen LogP contribution in [0.4, 0.5) is 17.1 Å². The number of nitrogens with zero attached hydrogens (tertiary/aromatic N) is 1. The molecule has 0 saturated heterocycles. The molecule has 0 bridgehead atoms. The summed E-state index contributed by atoms with van der Waals surface area (Å²) in [6.45, 7) is 11.7. The highest BCUT2D eigenvalue weighted by Crippen LogP contribution is 2.55. The molecule has 1 aliphatic heterocycles. The van der Waals surface area contributed by atoms with Crippen LogP contribution in [0, 0.1) is 6.92 Å². The lowest BCUT2D eigenvalue weighted by molar-refractivity contribution is 0.631. The van der Waals surface area contributed by atoms with Crippen LogP contribution in [-0.2, 0) is 10.8 Å². The van der Waals surface area contributed by atoms with E-state index < -0.39 is 0 Å². The van der Waals surface area contributed by atoms with Crippen molar-refractivity contribution >= 4 is 39.0 Å². The van der Waals surface area contributed by atoms with Gasteiger partial charge >= 0.3 is 0 Å². The van der Waals surface area contributed by atoms with E-state index in [1.165, 1.54) is 67.1 Å². The SMILES string of the molecule is Cc1ccc2c(c1)C(C)(C)c1cc(-c3ccc(-c4cccc5c4oc4ccccc45)cc3)ccc1N2c1ccc2c(c1)C(C)(C)c1ccccc1-2. The molecular formula is C49H39NO. The minimum absolute atomic E-state index is 0.0676. The molecule has 2 nitrogen and oxygen atoms in total. The fourth-order valence-electron chi connectivity index (χ4n) is 8.96. The molecule has 0 amide bonds. The molecule has 51 heavy (non-hydrogen) atoms. The second kappa shape index (κ2) is 10.6. The Balaban J connectivity index is 1.08. The molecule has 0 N–H and O–H groups in total. The third kappa shape index (κ3) is 4.29. The maximum Gasteiger partial charge on any atom is 0.143 e. The molecule has 0 fully saturated rings. The van der Waals surface area contributed by atoms with Gasteiger partial charge in [-0.2, -0.15) is 0 Å². The molecule has 2 heterocycles. The van der Waals surface area contributed by atoms with Gasteiger partial charge in [-0.1, -0.05) is 142 Å². The largest absolute Gasteiger partial charge is 0.455 e. The van der Waals surface area contributed by atoms with Crippen molar-refractivity contribution in [3.63, 3.8) is 0 Å². The van der Waals surface area contributed by atoms with Crippen LogP contribution >= 0.6 is 0 Å². The van der Waals surface area contributed by atoms with Crippen molar-refractivity contribution in [2.24, 2.45) is 0 Å². The molecule has 2 heteroatoms. The Morgan fingerprint density at radius 3 is 1.92 bits per heavy atom. The van der Waals surface area contributed by atoms with Crippen molar-refractivity contribution in [3.8, 4) is 33.4 Å². The Kier molecular flexibility index (Phi) is 6.22. The number of anilines is 3. The fraction of sp³-hybridized carbons (Fsp3) is 0.143. The average Bonchev–Trinajstić information content (AvgIpc) is 3.64. The number of furan rings is 1. The van der Waals surface area contributed by atoms with Crippen molar-refractivity contribution in [2.75, 3.05) is 4.90 Å². The molecule has 246 valence electrons. The van der Waals surface area contributed by atoms with Crippen molar-refractivity contribution in [1.82, 2.24) is 0 Å². The zero-order valence-corrected chi connectivity index (χ0v) is 29.7. The van der Waals surface area contributed by atoms with E-state index in [0.29, 0.717) is 0 Å². The normalized spacial score (nSPS) is 15.0. The predicted octanol–water partition coefficient (Wildman–Crippen LogP) is 13.6. The Morgan fingerprint density at radius 1 is 0.451 bits per heavy atom. The van der Waals surface area contributed by atoms with Crippen LogP contribution in [0.3, 0.4) is 0 Å². The Morgan fingerprint density at radius 2 is 1.08 bits per heavy atom. The second-order valence-corrected chi connectivity index (χ2v) is 15.5. The zero-order valence-electron chi connectivity index (χ0n) is 29.7. The van der Waals surface area contributed by atoms with Gasteiger partial charge < -0.3 is 9.32 Å². The molecule has 0 saturated carbocycles. The first-order chi connectivity index (χ1) is 24.7. The summed E-state index contributed by atoms with van der Waals surface area (Å²) in [5.74, 6) is 0. The average molecular weight is 658 g/mol. The van der Waals surface area contributed by atoms with E-state index in [1.807, 2.05) is 12.1 Å². The van der Waals surface area contributed by atoms with Gasteiger partial charge in [0, 0.05) is 32.9 Å². The molecule has 0 unspecified atom stereocenters. The van der Waals surface area contributed by atoms with Crippen molar-refractivity contribution in [1.29, 1.82) is 0 Å². The Hall–Kier alpha value is -5.86. The summed E-state index contributed by atoms with van der Waals surface area (Å²) >= 11 is 0. The van der Waals surface area contributed by atoms with E-state index in [0.717, 1.165) is 33.1 Å². The van der Waals surface area contributed by atoms with Crippen LogP contribution in [0.2, 0.25) is 0 Å². The van der Waals surface area contributed by atoms with E-state index in [-0.39, 0.29) is 10.8 Å². The third-order valence-electron chi connectivity index (χ3n) is 11.7. The van der Waals surface area contributed by atoms with Crippen LogP contribution in [-0.4, -0.2) is 0 Å². The molecule has 8 aromatic rings. The highest BCUT2D eigenvalue weighted by atomic mass is 16.3. The minimum Gasteiger partial charge on any atom is -0.455 e. The summed E-state index contributed by atoms with van der Waals surface area (Å²) in [6, 6.07) is 53.7. The smallest absolute Gasteiger partial charge is 0.143 e. The Labute approximate surface area is 299 Å². The number of benzene rings is 7. The van der Waals surface area contributed by atoms with Gasteiger partial charge in [-0.15, -0.1) is 0 Å². The third-order valence-corrected chi connectivity index (χ3v) is 11.7. The number of rotatable bonds is 3. The number of fused-ring (bicyclic) bond motifs is 8. The summed E-state index contributed by atoms with van der Waals surface area (Å²) in [5, 5.41) is 2.31. The first kappa shape index (κ1) is 30.0. The minimum atomic E-state index is -0.188. The monoisotopic (exact) mass is 657 g/mol. The first-order valence-electron chi connectivity index (χ1n) is 18.0. The Bertz CT molecular complexity index is 2710. The number of para-hydroxylation sites is 2. The van der Waals surface area contributed by atoms with E-state index in [1.54, 1.807) is 0 Å². The fourth-order valence-corrected chi connectivity index (χ4v) is 8.96. The topological polar surface area (TPSA) is 16.4 Å². The first-order valence-corrected chi connectivity index (χ1v) is 18.0. The number of hydrogen-bond acceptors (Lipinski definition) is 2. The van der Waals surface area contributed by atoms with Gasteiger partial charge in [0.15, 0.2) is 0 Å². The molecule has 0 radical (unpaired) electrons. The maximum absolute atomic E-state index is 6.37. The lowest BCUT2D eigenvalue weighted by atomic mass is 9.72. The maximum atomic E-state index is 6.37. The van der Waals surface area contributed by atoms with E-state index in [4.69, 9.17) is 4.42 Å². The van der Waals surface area contributed by atoms with Crippen molar-refractivity contribution in [3.05, 3.63) is 173 Å². The molecule has 7 aromatic carbocycles. The molecule has 0 atom stereocenters. The van der Waals surface area contributed by atoms with Crippen molar-refractivity contribution < 1.29 is 4.42 Å². The van der Waals surface area contributed by atoms with Gasteiger partial charge in [0.1, 0.15) is 11.2 Å². The summed E-state index contributed by atoms with van der Waals surface area (Å²) in [4.78, 5) is 2.50. The molecule has 2 aliphatic rings. The lowest BCUT2D eigenvalue weighted by Crippen LogP contribution is -2.31. The zero-order chi connectivity index (χ0) is 34.6. The molecule has 1 aliphatic carbocycles. The van der Waals surface area contributed by atoms with Gasteiger partial charge in [0.05, 0.1) is 11.4 Å². The molecule has 1 aromatic heterocycles. The van der Waals surface area contributed by atoms with Gasteiger partial charge in [0.25, 0.3) is 0 Å². The predicted molar refractivity (Wildman–Crippen MR) is 214 cm³/mol. The van der Waals surface area contributed by atoms with Gasteiger partial charge in [-0.25, -0.2) is 0 Å². The standard InChI is InChI=1S/C49H39NO/c1-30-17-25-44-42(27-30)49(4,5)43-28-33(31-18-20-32(21-19-31)35-13-10-14-39-38-12-7-9-16-46(38)51-47(35)39)22-26-45(43)50(44)34-23-24-37-36-11-6-8-15-40(36)48(2,3)41(37)29-34/h6-29H,1-5H3. The number of aryl methyl sites for hydroxylation is 1. The van der Waals surface area contributed by atoms with Gasteiger partial charge in [-0.05, 0) is 93.4 Å². The quantitative estimate of drug-likeness (QED) is 0.188. The van der Waals surface area contributed by atoms with E-state index in [9.17, 15) is 0 Å². The highest BCUT2D eigenvalue weighted by Gasteiger charge is 2.39. The molecule has 10 rings (SSSR count). The van der Waals surface area contributed by atoms with Gasteiger partial charge in [-0.3, -0.25) is 0 Å². The summed E-state index contributed by atoms with van der Waals surface area (Å²) in [6.07, 6.45) is 0. The summed E-state index contributed by atoms with van der Waals surface area (Å²) < 4.78 is 6.37. The second-order valence-electron chi connectivity index (χ2n) is 15.5. The summed E-state index contributed by atoms with van der Waals surface area (Å²) in [7, 11) is 0. The molecule has 0 spiro atoms. The number of hydrogen-bond donors (Lipinski definition) is 0. The lowest BCUT2D eigenvalue weighted by Gasteiger charge is -2.42. The van der Waals surface area contributed by atoms with Crippen LogP contribution < -0.4 is 4.90 Å². The highest BCUT2D eigenvalue weighted by molar-refractivity contribution is 6.09. The van der Waals surface area contributed by atoms with Crippen LogP contribution in [0.1, 0.15) is 55.5 Å². The van der Waals surface area contributed by atoms with Crippen molar-refractivity contribution in [2.45, 2.75) is 45.4 Å². The van der Waals surface area contributed by atoms with E-state index in [2.05, 4.69) is 173 Å². The van der Waals surface area contributed by atoms with E-state index >= 15 is 0 Å². The summed E-state index contributed by atoms with van der Waals surface area (Å²) in [5.41, 5.74) is 19.4. The van der Waals surface area contributed by atoms with Crippen LogP contribution in [0.25, 0.3) is 55.3 Å².